The van der Waals surface area contributed by atoms with Crippen molar-refractivity contribution in [3.05, 3.63) is 27.7 Å². The topological polar surface area (TPSA) is 47.0 Å². The summed E-state index contributed by atoms with van der Waals surface area (Å²) in [5.74, 6) is 0.825. The minimum atomic E-state index is 0.530. The average molecular weight is 370 g/mol. The van der Waals surface area contributed by atoms with E-state index in [1.807, 2.05) is 18.2 Å². The van der Waals surface area contributed by atoms with Gasteiger partial charge in [0.05, 0.1) is 7.11 Å². The Labute approximate surface area is 138 Å². The van der Waals surface area contributed by atoms with Gasteiger partial charge in [-0.2, -0.15) is 0 Å². The molecular weight excluding hydrogens is 350 g/mol. The molecule has 21 heavy (non-hydrogen) atoms. The second-order valence-electron chi connectivity index (χ2n) is 5.06. The maximum atomic E-state index is 5.27. The second kappa shape index (κ2) is 7.87. The predicted octanol–water partition coefficient (Wildman–Crippen LogP) is 3.91. The lowest BCUT2D eigenvalue weighted by Crippen LogP contribution is -2.23. The van der Waals surface area contributed by atoms with Gasteiger partial charge >= 0.3 is 0 Å². The molecule has 0 atom stereocenters. The minimum Gasteiger partial charge on any atom is -0.497 e. The molecule has 1 aromatic carbocycles. The van der Waals surface area contributed by atoms with Crippen molar-refractivity contribution < 1.29 is 4.74 Å². The summed E-state index contributed by atoms with van der Waals surface area (Å²) in [6.07, 6.45) is 2.03. The molecule has 0 bridgehead atoms. The Kier molecular flexibility index (Phi) is 6.14. The quantitative estimate of drug-likeness (QED) is 0.751. The number of aryl methyl sites for hydroxylation is 1. The molecule has 0 saturated carbocycles. The number of methoxy groups -OCH3 is 1. The van der Waals surface area contributed by atoms with Crippen LogP contribution in [0.3, 0.4) is 0 Å². The molecular formula is C15H20BrN3OS. The number of nitrogens with one attached hydrogen (secondary N) is 1. The molecule has 6 heteroatoms. The Morgan fingerprint density at radius 3 is 2.86 bits per heavy atom. The van der Waals surface area contributed by atoms with Gasteiger partial charge in [-0.05, 0) is 31.2 Å². The number of hydrogen-bond donors (Lipinski definition) is 1. The van der Waals surface area contributed by atoms with Crippen LogP contribution in [0.2, 0.25) is 0 Å². The summed E-state index contributed by atoms with van der Waals surface area (Å²) in [4.78, 5) is 0. The molecule has 0 aliphatic heterocycles. The summed E-state index contributed by atoms with van der Waals surface area (Å²) in [6.45, 7) is 5.32. The number of hydrogen-bond acceptors (Lipinski definition) is 5. The van der Waals surface area contributed by atoms with E-state index in [0.29, 0.717) is 6.04 Å². The van der Waals surface area contributed by atoms with Crippen molar-refractivity contribution in [1.29, 1.82) is 0 Å². The maximum Gasteiger partial charge on any atom is 0.149 e. The molecule has 1 heterocycles. The van der Waals surface area contributed by atoms with Crippen LogP contribution >= 0.6 is 27.3 Å². The summed E-state index contributed by atoms with van der Waals surface area (Å²) in [6, 6.07) is 6.41. The molecule has 4 nitrogen and oxygen atoms in total. The molecule has 2 aromatic rings. The second-order valence-corrected chi connectivity index (χ2v) is 6.98. The molecule has 1 aromatic heterocycles. The van der Waals surface area contributed by atoms with Crippen molar-refractivity contribution in [2.24, 2.45) is 0 Å². The van der Waals surface area contributed by atoms with Gasteiger partial charge in [-0.25, -0.2) is 0 Å². The van der Waals surface area contributed by atoms with Crippen molar-refractivity contribution in [2.75, 3.05) is 13.7 Å². The van der Waals surface area contributed by atoms with E-state index in [-0.39, 0.29) is 0 Å². The van der Waals surface area contributed by atoms with Crippen LogP contribution in [0.25, 0.3) is 10.6 Å². The molecule has 1 N–H and O–H groups in total. The molecule has 0 spiro atoms. The van der Waals surface area contributed by atoms with E-state index in [0.717, 1.165) is 45.2 Å². The van der Waals surface area contributed by atoms with Gasteiger partial charge in [-0.3, -0.25) is 0 Å². The lowest BCUT2D eigenvalue weighted by molar-refractivity contribution is 0.415. The van der Waals surface area contributed by atoms with E-state index < -0.39 is 0 Å². The first-order valence-corrected chi connectivity index (χ1v) is 8.60. The average Bonchev–Trinajstić information content (AvgIpc) is 2.92. The third kappa shape index (κ3) is 4.76. The Morgan fingerprint density at radius 1 is 1.33 bits per heavy atom. The molecule has 0 aliphatic carbocycles. The number of ether oxygens (including phenoxy) is 1. The zero-order valence-electron chi connectivity index (χ0n) is 12.5. The van der Waals surface area contributed by atoms with Gasteiger partial charge < -0.3 is 10.1 Å². The molecule has 0 fully saturated rings. The standard InChI is InChI=1S/C15H20BrN3OS/c1-10(2)17-8-4-5-14-18-19-15(21-14)12-9-11(20-3)6-7-13(12)16/h6-7,9-10,17H,4-5,8H2,1-3H3. The molecule has 0 radical (unpaired) electrons. The van der Waals surface area contributed by atoms with Crippen LogP contribution in [0.4, 0.5) is 0 Å². The van der Waals surface area contributed by atoms with E-state index in [4.69, 9.17) is 4.74 Å². The lowest BCUT2D eigenvalue weighted by atomic mass is 10.2. The van der Waals surface area contributed by atoms with E-state index in [1.165, 1.54) is 0 Å². The van der Waals surface area contributed by atoms with E-state index >= 15 is 0 Å². The smallest absolute Gasteiger partial charge is 0.149 e. The zero-order chi connectivity index (χ0) is 15.2. The third-order valence-electron chi connectivity index (χ3n) is 2.99. The minimum absolute atomic E-state index is 0.530. The van der Waals surface area contributed by atoms with Gasteiger partial charge in [0.2, 0.25) is 0 Å². The molecule has 2 rings (SSSR count). The Hall–Kier alpha value is -0.980. The fraction of sp³-hybridized carbons (Fsp3) is 0.467. The highest BCUT2D eigenvalue weighted by molar-refractivity contribution is 9.10. The van der Waals surface area contributed by atoms with Gasteiger partial charge in [0.15, 0.2) is 0 Å². The maximum absolute atomic E-state index is 5.27. The molecule has 0 amide bonds. The van der Waals surface area contributed by atoms with Gasteiger partial charge in [-0.15, -0.1) is 10.2 Å². The van der Waals surface area contributed by atoms with Crippen molar-refractivity contribution in [3.63, 3.8) is 0 Å². The van der Waals surface area contributed by atoms with Crippen LogP contribution in [0.15, 0.2) is 22.7 Å². The van der Waals surface area contributed by atoms with Gasteiger partial charge in [0.25, 0.3) is 0 Å². The lowest BCUT2D eigenvalue weighted by Gasteiger charge is -2.06. The van der Waals surface area contributed by atoms with Gasteiger partial charge in [0, 0.05) is 22.5 Å². The highest BCUT2D eigenvalue weighted by Crippen LogP contribution is 2.33. The van der Waals surface area contributed by atoms with E-state index in [2.05, 4.69) is 45.3 Å². The van der Waals surface area contributed by atoms with Crippen molar-refractivity contribution in [3.8, 4) is 16.3 Å². The third-order valence-corrected chi connectivity index (χ3v) is 4.70. The molecule has 0 saturated heterocycles. The summed E-state index contributed by atoms with van der Waals surface area (Å²) < 4.78 is 6.27. The van der Waals surface area contributed by atoms with Crippen LogP contribution in [0.1, 0.15) is 25.3 Å². The van der Waals surface area contributed by atoms with E-state index in [1.54, 1.807) is 18.4 Å². The normalized spacial score (nSPS) is 11.1. The highest BCUT2D eigenvalue weighted by Gasteiger charge is 2.11. The fourth-order valence-corrected chi connectivity index (χ4v) is 3.37. The number of nitrogens with zero attached hydrogens (tertiary/aromatic N) is 2. The zero-order valence-corrected chi connectivity index (χ0v) is 14.9. The van der Waals surface area contributed by atoms with Crippen LogP contribution in [-0.2, 0) is 6.42 Å². The van der Waals surface area contributed by atoms with Crippen LogP contribution < -0.4 is 10.1 Å². The predicted molar refractivity (Wildman–Crippen MR) is 91.1 cm³/mol. The largest absolute Gasteiger partial charge is 0.497 e. The number of halogens is 1. The van der Waals surface area contributed by atoms with Crippen molar-refractivity contribution in [2.45, 2.75) is 32.7 Å². The Balaban J connectivity index is 2.02. The summed E-state index contributed by atoms with van der Waals surface area (Å²) in [5, 5.41) is 14.0. The SMILES string of the molecule is COc1ccc(Br)c(-c2nnc(CCCNC(C)C)s2)c1. The van der Waals surface area contributed by atoms with Crippen LogP contribution in [0, 0.1) is 0 Å². The van der Waals surface area contributed by atoms with Crippen LogP contribution in [0.5, 0.6) is 5.75 Å². The summed E-state index contributed by atoms with van der Waals surface area (Å²) in [5.41, 5.74) is 1.03. The Bertz CT molecular complexity index is 586. The number of benzene rings is 1. The molecule has 114 valence electrons. The number of aromatic nitrogens is 2. The highest BCUT2D eigenvalue weighted by atomic mass is 79.9. The number of rotatable bonds is 7. The van der Waals surface area contributed by atoms with Crippen LogP contribution in [-0.4, -0.2) is 29.9 Å². The van der Waals surface area contributed by atoms with E-state index in [9.17, 15) is 0 Å². The monoisotopic (exact) mass is 369 g/mol. The van der Waals surface area contributed by atoms with Crippen molar-refractivity contribution in [1.82, 2.24) is 15.5 Å². The molecule has 0 aliphatic rings. The Morgan fingerprint density at radius 2 is 2.14 bits per heavy atom. The first kappa shape index (κ1) is 16.4. The summed E-state index contributed by atoms with van der Waals surface area (Å²) >= 11 is 5.20. The molecule has 0 unspecified atom stereocenters. The van der Waals surface area contributed by atoms with Gasteiger partial charge in [-0.1, -0.05) is 41.1 Å². The van der Waals surface area contributed by atoms with Crippen molar-refractivity contribution >= 4 is 27.3 Å². The summed E-state index contributed by atoms with van der Waals surface area (Å²) in [7, 11) is 1.67. The first-order valence-electron chi connectivity index (χ1n) is 7.00. The fourth-order valence-electron chi connectivity index (χ4n) is 1.89. The first-order chi connectivity index (χ1) is 10.1. The van der Waals surface area contributed by atoms with Gasteiger partial charge in [0.1, 0.15) is 15.8 Å².